The number of rotatable bonds is 0. The molecule has 6 nitrogen and oxygen atoms in total. The zero-order valence-electron chi connectivity index (χ0n) is 7.06. The van der Waals surface area contributed by atoms with Crippen LogP contribution >= 0.6 is 0 Å². The van der Waals surface area contributed by atoms with Gasteiger partial charge in [0.05, 0.1) is 0 Å². The Hall–Kier alpha value is -0.761. The van der Waals surface area contributed by atoms with Gasteiger partial charge in [0.2, 0.25) is 0 Å². The van der Waals surface area contributed by atoms with Gasteiger partial charge in [-0.15, -0.1) is 0 Å². The van der Waals surface area contributed by atoms with Gasteiger partial charge < -0.3 is 71.0 Å². The summed E-state index contributed by atoms with van der Waals surface area (Å²) in [4.78, 5) is 0. The molecule has 0 rings (SSSR count). The van der Waals surface area contributed by atoms with E-state index >= 15 is 0 Å². The topological polar surface area (TPSA) is 143 Å². The van der Waals surface area contributed by atoms with E-state index in [0.29, 0.717) is 0 Å². The van der Waals surface area contributed by atoms with Crippen LogP contribution in [0.5, 0.6) is 0 Å². The first kappa shape index (κ1) is 72.3. The molecule has 0 aromatic heterocycles. The van der Waals surface area contributed by atoms with Gasteiger partial charge in [0.25, 0.3) is 0 Å². The van der Waals surface area contributed by atoms with Crippen LogP contribution in [0.3, 0.4) is 0 Å². The van der Waals surface area contributed by atoms with E-state index in [2.05, 4.69) is 0 Å². The van der Waals surface area contributed by atoms with Crippen molar-refractivity contribution < 1.29 is 20.4 Å². The van der Waals surface area contributed by atoms with Gasteiger partial charge in [0.15, 0.2) is 0 Å². The largest absolute Gasteiger partial charge is 0.512 e. The van der Waals surface area contributed by atoms with Crippen molar-refractivity contribution in [2.24, 2.45) is 0 Å². The summed E-state index contributed by atoms with van der Waals surface area (Å²) in [6, 6.07) is 0. The van der Waals surface area contributed by atoms with Crippen molar-refractivity contribution in [2.45, 2.75) is 0 Å². The van der Waals surface area contributed by atoms with Crippen LogP contribution in [0.15, 0.2) is 0 Å². The molecule has 0 aromatic rings. The molecule has 2 radical (unpaired) electrons. The molecule has 0 saturated heterocycles. The van der Waals surface area contributed by atoms with Gasteiger partial charge in [-0.05, 0) is 0 Å². The maximum atomic E-state index is 6.25. The second-order valence-corrected chi connectivity index (χ2v) is 0. The first-order valence-electron chi connectivity index (χ1n) is 1.34. The molecule has 8 heteroatoms. The maximum Gasteiger partial charge on any atom is 0 e. The van der Waals surface area contributed by atoms with E-state index in [4.69, 9.17) is 71.0 Å². The van der Waals surface area contributed by atoms with Crippen molar-refractivity contribution >= 4 is 51.4 Å². The minimum Gasteiger partial charge on any atom is -0.512 e. The molecule has 14 heavy (non-hydrogen) atoms. The Kier molecular flexibility index (Phi) is 13800. The average Bonchev–Trinajstić information content (AvgIpc) is 2.33. The van der Waals surface area contributed by atoms with E-state index < -0.39 is 0 Å². The van der Waals surface area contributed by atoms with Crippen molar-refractivity contribution in [2.75, 3.05) is 0 Å². The summed E-state index contributed by atoms with van der Waals surface area (Å²) in [5, 5.41) is 37.5. The Morgan fingerprint density at radius 2 is 0.357 bits per heavy atom. The van der Waals surface area contributed by atoms with E-state index in [1.54, 1.807) is 0 Å². The molecular formula is C6KN6Re-6. The molecule has 0 fully saturated rings. The molecule has 0 amide bonds. The Morgan fingerprint density at radius 3 is 0.357 bits per heavy atom. The summed E-state index contributed by atoms with van der Waals surface area (Å²) in [7, 11) is 0. The fourth-order valence-electron chi connectivity index (χ4n) is 0. The van der Waals surface area contributed by atoms with Gasteiger partial charge in [-0.1, -0.05) is 0 Å². The summed E-state index contributed by atoms with van der Waals surface area (Å²) in [6.07, 6.45) is 0. The van der Waals surface area contributed by atoms with Crippen LogP contribution < -0.4 is 0 Å². The first-order valence-corrected chi connectivity index (χ1v) is 1.34. The molecule has 0 aliphatic carbocycles. The van der Waals surface area contributed by atoms with Gasteiger partial charge >= 0.3 is 0 Å². The summed E-state index contributed by atoms with van der Waals surface area (Å²) in [6.45, 7) is 28.5. The molecule has 0 bridgehead atoms. The minimum atomic E-state index is 0. The molecule has 68 valence electrons. The molecule has 0 aliphatic rings. The molecule has 0 atom stereocenters. The van der Waals surface area contributed by atoms with E-state index in [1.165, 1.54) is 0 Å². The SMILES string of the molecule is [C-]#N.[C-]#N.[C-]#N.[C-]#N.[C-]#N.[C-]#N.[K].[Re]. The minimum absolute atomic E-state index is 0. The normalized spacial score (nSPS) is 0.857. The van der Waals surface area contributed by atoms with Crippen LogP contribution in [0.25, 0.3) is 0 Å². The quantitative estimate of drug-likeness (QED) is 0.433. The fourth-order valence-corrected chi connectivity index (χ4v) is 0. The third-order valence-corrected chi connectivity index (χ3v) is 0. The van der Waals surface area contributed by atoms with Crippen LogP contribution in [-0.2, 0) is 20.4 Å². The summed E-state index contributed by atoms with van der Waals surface area (Å²) in [5.41, 5.74) is 0. The van der Waals surface area contributed by atoms with Crippen LogP contribution in [0.1, 0.15) is 0 Å². The monoisotopic (exact) mass is 382 g/mol. The maximum absolute atomic E-state index is 6.25. The fraction of sp³-hybridized carbons (Fsp3) is 0. The number of nitrogens with zero attached hydrogens (tertiary/aromatic N) is 6. The molecule has 0 heterocycles. The zero-order valence-corrected chi connectivity index (χ0v) is 12.9. The predicted octanol–water partition coefficient (Wildman–Crippen LogP) is 0.195. The number of hydrogen-bond acceptors (Lipinski definition) is 6. The molecule has 0 N–H and O–H groups in total. The van der Waals surface area contributed by atoms with Crippen molar-refractivity contribution in [1.29, 1.82) is 31.6 Å². The van der Waals surface area contributed by atoms with E-state index in [0.717, 1.165) is 0 Å². The van der Waals surface area contributed by atoms with Crippen molar-refractivity contribution in [1.82, 2.24) is 0 Å². The van der Waals surface area contributed by atoms with Crippen LogP contribution in [0.4, 0.5) is 0 Å². The van der Waals surface area contributed by atoms with Crippen LogP contribution in [-0.4, -0.2) is 51.4 Å². The van der Waals surface area contributed by atoms with E-state index in [1.807, 2.05) is 0 Å². The van der Waals surface area contributed by atoms with E-state index in [-0.39, 0.29) is 71.8 Å². The van der Waals surface area contributed by atoms with E-state index in [9.17, 15) is 0 Å². The first-order chi connectivity index (χ1) is 6.00. The van der Waals surface area contributed by atoms with Gasteiger partial charge in [-0.3, -0.25) is 0 Å². The van der Waals surface area contributed by atoms with Gasteiger partial charge in [-0.25, -0.2) is 0 Å². The van der Waals surface area contributed by atoms with Crippen molar-refractivity contribution in [3.63, 3.8) is 0 Å². The Labute approximate surface area is 141 Å². The smallest absolute Gasteiger partial charge is 0 e. The van der Waals surface area contributed by atoms with Crippen LogP contribution in [0.2, 0.25) is 0 Å². The third kappa shape index (κ3) is 2030. The van der Waals surface area contributed by atoms with Gasteiger partial charge in [0.1, 0.15) is 0 Å². The second kappa shape index (κ2) is 2670. The third-order valence-electron chi connectivity index (χ3n) is 0. The summed E-state index contributed by atoms with van der Waals surface area (Å²) in [5.74, 6) is 0. The molecule has 0 saturated carbocycles. The Morgan fingerprint density at radius 1 is 0.357 bits per heavy atom. The predicted molar refractivity (Wildman–Crippen MR) is 35.6 cm³/mol. The molecule has 0 aliphatic heterocycles. The average molecular weight is 381 g/mol. The van der Waals surface area contributed by atoms with Crippen molar-refractivity contribution in [3.8, 4) is 0 Å². The van der Waals surface area contributed by atoms with Gasteiger partial charge in [-0.2, -0.15) is 0 Å². The molecule has 0 aromatic carbocycles. The zero-order chi connectivity index (χ0) is 12.0. The Bertz CT molecular complexity index is 97.3. The Balaban J connectivity index is -0.00000000500. The second-order valence-electron chi connectivity index (χ2n) is 0. The van der Waals surface area contributed by atoms with Gasteiger partial charge in [0, 0.05) is 71.8 Å². The van der Waals surface area contributed by atoms with Crippen molar-refractivity contribution in [3.05, 3.63) is 39.4 Å². The summed E-state index contributed by atoms with van der Waals surface area (Å²) >= 11 is 0. The molecule has 0 spiro atoms. The molecule has 0 unspecified atom stereocenters. The number of hydrogen-bond donors (Lipinski definition) is 0. The molecular weight excluding hydrogens is 381 g/mol. The summed E-state index contributed by atoms with van der Waals surface area (Å²) < 4.78 is 0. The standard InChI is InChI=1S/6CN.K.Re/c6*1-2;;/q6*-1;;. The van der Waals surface area contributed by atoms with Crippen LogP contribution in [0, 0.1) is 71.0 Å².